The number of nitrogens with zero attached hydrogens (tertiary/aromatic N) is 1. The second-order valence-corrected chi connectivity index (χ2v) is 6.50. The zero-order valence-corrected chi connectivity index (χ0v) is 11.7. The lowest BCUT2D eigenvalue weighted by atomic mass is 9.83. The molecule has 2 fully saturated rings. The highest BCUT2D eigenvalue weighted by molar-refractivity contribution is 5.82. The number of carbonyl (C=O) groups excluding carboxylic acids is 1. The minimum atomic E-state index is -0.331. The van der Waals surface area contributed by atoms with Crippen molar-refractivity contribution in [2.24, 2.45) is 17.1 Å². The zero-order chi connectivity index (χ0) is 13.2. The van der Waals surface area contributed by atoms with Gasteiger partial charge in [-0.3, -0.25) is 4.79 Å². The Hall–Kier alpha value is -0.610. The van der Waals surface area contributed by atoms with Gasteiger partial charge in [-0.25, -0.2) is 0 Å². The Morgan fingerprint density at radius 2 is 2.06 bits per heavy atom. The predicted octanol–water partition coefficient (Wildman–Crippen LogP) is 1.39. The molecule has 0 spiro atoms. The van der Waals surface area contributed by atoms with Crippen molar-refractivity contribution >= 4 is 5.91 Å². The SMILES string of the molecule is CC1(C)CCCN(C(=O)C(N)C2CCOCC2)C1. The lowest BCUT2D eigenvalue weighted by molar-refractivity contribution is -0.137. The molecule has 2 saturated heterocycles. The fourth-order valence-electron chi connectivity index (χ4n) is 3.10. The fraction of sp³-hybridized carbons (Fsp3) is 0.929. The Bertz CT molecular complexity index is 298. The van der Waals surface area contributed by atoms with Crippen molar-refractivity contribution in [3.05, 3.63) is 0 Å². The Morgan fingerprint density at radius 1 is 1.39 bits per heavy atom. The number of amides is 1. The van der Waals surface area contributed by atoms with Crippen LogP contribution in [0.5, 0.6) is 0 Å². The Balaban J connectivity index is 1.93. The standard InChI is InChI=1S/C14H26N2O2/c1-14(2)6-3-7-16(10-14)13(17)12(15)11-4-8-18-9-5-11/h11-12H,3-10,15H2,1-2H3. The molecule has 2 aliphatic rings. The first-order valence-electron chi connectivity index (χ1n) is 7.12. The summed E-state index contributed by atoms with van der Waals surface area (Å²) >= 11 is 0. The number of ether oxygens (including phenoxy) is 1. The van der Waals surface area contributed by atoms with Crippen molar-refractivity contribution in [2.45, 2.75) is 45.6 Å². The van der Waals surface area contributed by atoms with Gasteiger partial charge in [0.15, 0.2) is 0 Å². The average molecular weight is 254 g/mol. The molecule has 2 heterocycles. The Morgan fingerprint density at radius 3 is 2.67 bits per heavy atom. The molecule has 2 rings (SSSR count). The van der Waals surface area contributed by atoms with Crippen LogP contribution in [-0.4, -0.2) is 43.2 Å². The lowest BCUT2D eigenvalue weighted by Gasteiger charge is -2.40. The van der Waals surface area contributed by atoms with Gasteiger partial charge in [-0.2, -0.15) is 0 Å². The van der Waals surface area contributed by atoms with E-state index < -0.39 is 0 Å². The van der Waals surface area contributed by atoms with Crippen LogP contribution in [0, 0.1) is 11.3 Å². The van der Waals surface area contributed by atoms with E-state index in [1.165, 1.54) is 6.42 Å². The number of rotatable bonds is 2. The molecule has 18 heavy (non-hydrogen) atoms. The van der Waals surface area contributed by atoms with Crippen molar-refractivity contribution in [1.29, 1.82) is 0 Å². The topological polar surface area (TPSA) is 55.6 Å². The largest absolute Gasteiger partial charge is 0.381 e. The fourth-order valence-corrected chi connectivity index (χ4v) is 3.10. The molecule has 1 amide bonds. The van der Waals surface area contributed by atoms with Crippen LogP contribution in [-0.2, 0) is 9.53 Å². The van der Waals surface area contributed by atoms with E-state index in [-0.39, 0.29) is 17.4 Å². The van der Waals surface area contributed by atoms with Crippen molar-refractivity contribution in [2.75, 3.05) is 26.3 Å². The number of carbonyl (C=O) groups is 1. The second-order valence-electron chi connectivity index (χ2n) is 6.50. The second kappa shape index (κ2) is 5.57. The minimum absolute atomic E-state index is 0.148. The third kappa shape index (κ3) is 3.23. The normalized spacial score (nSPS) is 26.9. The van der Waals surface area contributed by atoms with E-state index in [1.807, 2.05) is 4.90 Å². The molecular formula is C14H26N2O2. The van der Waals surface area contributed by atoms with Crippen LogP contribution in [0.4, 0.5) is 0 Å². The highest BCUT2D eigenvalue weighted by atomic mass is 16.5. The van der Waals surface area contributed by atoms with E-state index in [1.54, 1.807) is 0 Å². The van der Waals surface area contributed by atoms with Crippen LogP contribution < -0.4 is 5.73 Å². The van der Waals surface area contributed by atoms with E-state index in [0.717, 1.165) is 45.6 Å². The average Bonchev–Trinajstić information content (AvgIpc) is 2.37. The third-order valence-corrected chi connectivity index (χ3v) is 4.27. The molecule has 0 aromatic rings. The molecule has 1 atom stereocenters. The molecule has 0 bridgehead atoms. The summed E-state index contributed by atoms with van der Waals surface area (Å²) in [6, 6.07) is -0.331. The van der Waals surface area contributed by atoms with E-state index in [0.29, 0.717) is 5.92 Å². The zero-order valence-electron chi connectivity index (χ0n) is 11.7. The van der Waals surface area contributed by atoms with Crippen LogP contribution in [0.2, 0.25) is 0 Å². The van der Waals surface area contributed by atoms with Crippen LogP contribution in [0.3, 0.4) is 0 Å². The van der Waals surface area contributed by atoms with Gasteiger partial charge in [-0.05, 0) is 37.0 Å². The smallest absolute Gasteiger partial charge is 0.239 e. The lowest BCUT2D eigenvalue weighted by Crippen LogP contribution is -2.53. The maximum Gasteiger partial charge on any atom is 0.239 e. The first-order valence-corrected chi connectivity index (χ1v) is 7.12. The summed E-state index contributed by atoms with van der Waals surface area (Å²) in [5, 5.41) is 0. The number of nitrogens with two attached hydrogens (primary N) is 1. The van der Waals surface area contributed by atoms with Gasteiger partial charge in [0, 0.05) is 26.3 Å². The van der Waals surface area contributed by atoms with Crippen LogP contribution in [0.25, 0.3) is 0 Å². The van der Waals surface area contributed by atoms with Gasteiger partial charge in [-0.1, -0.05) is 13.8 Å². The van der Waals surface area contributed by atoms with E-state index in [2.05, 4.69) is 13.8 Å². The number of likely N-dealkylation sites (tertiary alicyclic amines) is 1. The molecule has 0 aliphatic carbocycles. The minimum Gasteiger partial charge on any atom is -0.381 e. The summed E-state index contributed by atoms with van der Waals surface area (Å²) in [6.45, 7) is 7.68. The summed E-state index contributed by atoms with van der Waals surface area (Å²) in [7, 11) is 0. The van der Waals surface area contributed by atoms with E-state index in [4.69, 9.17) is 10.5 Å². The summed E-state index contributed by atoms with van der Waals surface area (Å²) in [5.74, 6) is 0.450. The van der Waals surface area contributed by atoms with Gasteiger partial charge in [0.1, 0.15) is 0 Å². The van der Waals surface area contributed by atoms with E-state index >= 15 is 0 Å². The van der Waals surface area contributed by atoms with Gasteiger partial charge in [0.25, 0.3) is 0 Å². The van der Waals surface area contributed by atoms with Gasteiger partial charge in [-0.15, -0.1) is 0 Å². The van der Waals surface area contributed by atoms with E-state index in [9.17, 15) is 4.79 Å². The molecule has 0 saturated carbocycles. The maximum atomic E-state index is 12.4. The van der Waals surface area contributed by atoms with Crippen molar-refractivity contribution in [3.63, 3.8) is 0 Å². The molecule has 4 heteroatoms. The summed E-state index contributed by atoms with van der Waals surface area (Å²) in [6.07, 6.45) is 4.14. The van der Waals surface area contributed by atoms with Crippen molar-refractivity contribution < 1.29 is 9.53 Å². The highest BCUT2D eigenvalue weighted by Crippen LogP contribution is 2.29. The number of hydrogen-bond donors (Lipinski definition) is 1. The molecule has 0 radical (unpaired) electrons. The van der Waals surface area contributed by atoms with Crippen LogP contribution in [0.1, 0.15) is 39.5 Å². The van der Waals surface area contributed by atoms with Gasteiger partial charge < -0.3 is 15.4 Å². The molecule has 1 unspecified atom stereocenters. The van der Waals surface area contributed by atoms with Crippen molar-refractivity contribution in [3.8, 4) is 0 Å². The summed E-state index contributed by atoms with van der Waals surface area (Å²) in [5.41, 5.74) is 6.40. The Labute approximate surface area is 110 Å². The first-order chi connectivity index (χ1) is 8.49. The molecule has 104 valence electrons. The monoisotopic (exact) mass is 254 g/mol. The summed E-state index contributed by atoms with van der Waals surface area (Å²) in [4.78, 5) is 14.4. The van der Waals surface area contributed by atoms with Gasteiger partial charge >= 0.3 is 0 Å². The molecule has 4 nitrogen and oxygen atoms in total. The first kappa shape index (κ1) is 13.8. The third-order valence-electron chi connectivity index (χ3n) is 4.27. The summed E-state index contributed by atoms with van der Waals surface area (Å²) < 4.78 is 5.33. The molecule has 0 aromatic carbocycles. The predicted molar refractivity (Wildman–Crippen MR) is 71.1 cm³/mol. The highest BCUT2D eigenvalue weighted by Gasteiger charge is 2.34. The van der Waals surface area contributed by atoms with Gasteiger partial charge in [0.05, 0.1) is 6.04 Å². The van der Waals surface area contributed by atoms with Crippen LogP contribution in [0.15, 0.2) is 0 Å². The Kier molecular flexibility index (Phi) is 4.28. The van der Waals surface area contributed by atoms with Gasteiger partial charge in [0.2, 0.25) is 5.91 Å². The van der Waals surface area contributed by atoms with Crippen LogP contribution >= 0.6 is 0 Å². The maximum absolute atomic E-state index is 12.4. The quantitative estimate of drug-likeness (QED) is 0.810. The molecule has 0 aromatic heterocycles. The van der Waals surface area contributed by atoms with Crippen molar-refractivity contribution in [1.82, 2.24) is 4.90 Å². The number of hydrogen-bond acceptors (Lipinski definition) is 3. The molecule has 2 N–H and O–H groups in total. The number of piperidine rings is 1. The molecular weight excluding hydrogens is 228 g/mol. The molecule has 2 aliphatic heterocycles.